The standard InChI is InChI=1S/C18H29NO3/c1-4-6-12-19(13-7-5-2)14-15(3)22-18(21)16-8-10-17(20)11-9-16/h8-11,15,20H,4-7,12-14H2,1-3H3. The Bertz CT molecular complexity index is 422. The summed E-state index contributed by atoms with van der Waals surface area (Å²) in [6, 6.07) is 6.15. The van der Waals surface area contributed by atoms with Crippen LogP contribution in [0.2, 0.25) is 0 Å². The van der Waals surface area contributed by atoms with Crippen molar-refractivity contribution in [3.8, 4) is 5.75 Å². The van der Waals surface area contributed by atoms with Gasteiger partial charge in [0.25, 0.3) is 0 Å². The van der Waals surface area contributed by atoms with E-state index in [1.165, 1.54) is 37.8 Å². The van der Waals surface area contributed by atoms with Gasteiger partial charge in [-0.15, -0.1) is 0 Å². The van der Waals surface area contributed by atoms with E-state index in [0.29, 0.717) is 5.56 Å². The maximum atomic E-state index is 12.1. The van der Waals surface area contributed by atoms with Crippen LogP contribution in [0.5, 0.6) is 5.75 Å². The molecule has 1 unspecified atom stereocenters. The predicted molar refractivity (Wildman–Crippen MR) is 89.2 cm³/mol. The summed E-state index contributed by atoms with van der Waals surface area (Å²) in [6.07, 6.45) is 4.54. The lowest BCUT2D eigenvalue weighted by atomic mass is 10.2. The van der Waals surface area contributed by atoms with Crippen LogP contribution in [-0.4, -0.2) is 41.7 Å². The smallest absolute Gasteiger partial charge is 0.338 e. The SMILES string of the molecule is CCCCN(CCCC)CC(C)OC(=O)c1ccc(O)cc1. The number of ether oxygens (including phenoxy) is 1. The van der Waals surface area contributed by atoms with Crippen molar-refractivity contribution < 1.29 is 14.6 Å². The highest BCUT2D eigenvalue weighted by Gasteiger charge is 2.15. The van der Waals surface area contributed by atoms with Gasteiger partial charge in [0.1, 0.15) is 11.9 Å². The fraction of sp³-hybridized carbons (Fsp3) is 0.611. The maximum absolute atomic E-state index is 12.1. The lowest BCUT2D eigenvalue weighted by Gasteiger charge is -2.25. The third-order valence-corrected chi connectivity index (χ3v) is 3.58. The number of carbonyl (C=O) groups excluding carboxylic acids is 1. The minimum Gasteiger partial charge on any atom is -0.508 e. The molecule has 0 aliphatic carbocycles. The lowest BCUT2D eigenvalue weighted by molar-refractivity contribution is 0.0250. The van der Waals surface area contributed by atoms with E-state index in [1.54, 1.807) is 12.1 Å². The van der Waals surface area contributed by atoms with E-state index < -0.39 is 0 Å². The Morgan fingerprint density at radius 2 is 1.68 bits per heavy atom. The summed E-state index contributed by atoms with van der Waals surface area (Å²) in [5.74, 6) is -0.187. The van der Waals surface area contributed by atoms with Crippen LogP contribution < -0.4 is 0 Å². The molecule has 4 heteroatoms. The minimum atomic E-state index is -0.335. The molecule has 1 aromatic rings. The average Bonchev–Trinajstić information content (AvgIpc) is 2.50. The lowest BCUT2D eigenvalue weighted by Crippen LogP contribution is -2.35. The van der Waals surface area contributed by atoms with Gasteiger partial charge in [-0.3, -0.25) is 4.90 Å². The summed E-state index contributed by atoms with van der Waals surface area (Å²) < 4.78 is 5.50. The summed E-state index contributed by atoms with van der Waals surface area (Å²) in [4.78, 5) is 14.4. The van der Waals surface area contributed by atoms with Gasteiger partial charge in [-0.25, -0.2) is 4.79 Å². The van der Waals surface area contributed by atoms with E-state index >= 15 is 0 Å². The van der Waals surface area contributed by atoms with Crippen LogP contribution in [0.25, 0.3) is 0 Å². The third kappa shape index (κ3) is 6.94. The molecule has 22 heavy (non-hydrogen) atoms. The molecule has 1 N–H and O–H groups in total. The molecule has 0 spiro atoms. The fourth-order valence-corrected chi connectivity index (χ4v) is 2.31. The first kappa shape index (κ1) is 18.5. The van der Waals surface area contributed by atoms with Crippen LogP contribution in [0.3, 0.4) is 0 Å². The molecule has 0 aliphatic rings. The van der Waals surface area contributed by atoms with E-state index in [4.69, 9.17) is 4.74 Å². The minimum absolute atomic E-state index is 0.144. The Hall–Kier alpha value is -1.55. The molecular weight excluding hydrogens is 278 g/mol. The molecule has 1 rings (SSSR count). The Morgan fingerprint density at radius 1 is 1.14 bits per heavy atom. The first-order chi connectivity index (χ1) is 10.6. The highest BCUT2D eigenvalue weighted by Crippen LogP contribution is 2.12. The normalized spacial score (nSPS) is 12.4. The quantitative estimate of drug-likeness (QED) is 0.667. The van der Waals surface area contributed by atoms with Crippen LogP contribution in [0.4, 0.5) is 0 Å². The second-order valence-corrected chi connectivity index (χ2v) is 5.77. The molecule has 0 aromatic heterocycles. The number of phenolic OH excluding ortho intramolecular Hbond substituents is 1. The van der Waals surface area contributed by atoms with Crippen molar-refractivity contribution in [3.05, 3.63) is 29.8 Å². The largest absolute Gasteiger partial charge is 0.508 e. The number of hydrogen-bond donors (Lipinski definition) is 1. The molecule has 0 aliphatic heterocycles. The van der Waals surface area contributed by atoms with E-state index in [0.717, 1.165) is 19.6 Å². The topological polar surface area (TPSA) is 49.8 Å². The highest BCUT2D eigenvalue weighted by molar-refractivity contribution is 5.89. The Kier molecular flexibility index (Phi) is 8.60. The van der Waals surface area contributed by atoms with Crippen molar-refractivity contribution in [2.24, 2.45) is 0 Å². The number of unbranched alkanes of at least 4 members (excludes halogenated alkanes) is 2. The van der Waals surface area contributed by atoms with E-state index in [1.807, 2.05) is 6.92 Å². The number of hydrogen-bond acceptors (Lipinski definition) is 4. The van der Waals surface area contributed by atoms with Crippen molar-refractivity contribution in [2.45, 2.75) is 52.6 Å². The van der Waals surface area contributed by atoms with Crippen molar-refractivity contribution in [3.63, 3.8) is 0 Å². The zero-order valence-electron chi connectivity index (χ0n) is 14.0. The third-order valence-electron chi connectivity index (χ3n) is 3.58. The number of nitrogens with zero attached hydrogens (tertiary/aromatic N) is 1. The number of carbonyl (C=O) groups is 1. The van der Waals surface area contributed by atoms with Crippen molar-refractivity contribution in [2.75, 3.05) is 19.6 Å². The van der Waals surface area contributed by atoms with Crippen LogP contribution in [-0.2, 0) is 4.74 Å². The Balaban J connectivity index is 2.48. The molecule has 0 saturated carbocycles. The highest BCUT2D eigenvalue weighted by atomic mass is 16.5. The first-order valence-electron chi connectivity index (χ1n) is 8.29. The Labute approximate surface area is 134 Å². The molecule has 1 atom stereocenters. The number of esters is 1. The molecule has 1 aromatic carbocycles. The molecule has 0 fully saturated rings. The summed E-state index contributed by atoms with van der Waals surface area (Å²) in [7, 11) is 0. The van der Waals surface area contributed by atoms with Crippen molar-refractivity contribution >= 4 is 5.97 Å². The average molecular weight is 307 g/mol. The zero-order chi connectivity index (χ0) is 16.4. The van der Waals surface area contributed by atoms with E-state index in [-0.39, 0.29) is 17.8 Å². The van der Waals surface area contributed by atoms with Crippen LogP contribution >= 0.6 is 0 Å². The first-order valence-corrected chi connectivity index (χ1v) is 8.29. The van der Waals surface area contributed by atoms with Gasteiger partial charge >= 0.3 is 5.97 Å². The van der Waals surface area contributed by atoms with Crippen molar-refractivity contribution in [1.82, 2.24) is 4.90 Å². The molecule has 0 amide bonds. The zero-order valence-corrected chi connectivity index (χ0v) is 14.0. The monoisotopic (exact) mass is 307 g/mol. The molecular formula is C18H29NO3. The summed E-state index contributed by atoms with van der Waals surface area (Å²) in [6.45, 7) is 9.18. The Morgan fingerprint density at radius 3 is 2.18 bits per heavy atom. The van der Waals surface area contributed by atoms with Crippen LogP contribution in [0, 0.1) is 0 Å². The van der Waals surface area contributed by atoms with Gasteiger partial charge < -0.3 is 9.84 Å². The van der Waals surface area contributed by atoms with Gasteiger partial charge in [-0.1, -0.05) is 26.7 Å². The number of benzene rings is 1. The molecule has 0 saturated heterocycles. The van der Waals surface area contributed by atoms with Crippen LogP contribution in [0.15, 0.2) is 24.3 Å². The predicted octanol–water partition coefficient (Wildman–Crippen LogP) is 3.84. The molecule has 124 valence electrons. The van der Waals surface area contributed by atoms with E-state index in [2.05, 4.69) is 18.7 Å². The summed E-state index contributed by atoms with van der Waals surface area (Å²) in [5.41, 5.74) is 0.471. The second-order valence-electron chi connectivity index (χ2n) is 5.77. The molecule has 4 nitrogen and oxygen atoms in total. The van der Waals surface area contributed by atoms with Gasteiger partial charge in [0.05, 0.1) is 5.56 Å². The number of aromatic hydroxyl groups is 1. The van der Waals surface area contributed by atoms with E-state index in [9.17, 15) is 9.90 Å². The number of phenols is 1. The molecule has 0 heterocycles. The fourth-order valence-electron chi connectivity index (χ4n) is 2.31. The number of rotatable bonds is 10. The van der Waals surface area contributed by atoms with Gasteiger partial charge in [-0.2, -0.15) is 0 Å². The molecule has 0 radical (unpaired) electrons. The second kappa shape index (κ2) is 10.2. The van der Waals surface area contributed by atoms with Gasteiger partial charge in [0, 0.05) is 6.54 Å². The molecule has 0 bridgehead atoms. The van der Waals surface area contributed by atoms with Gasteiger partial charge in [-0.05, 0) is 57.1 Å². The van der Waals surface area contributed by atoms with Gasteiger partial charge in [0.2, 0.25) is 0 Å². The van der Waals surface area contributed by atoms with Crippen molar-refractivity contribution in [1.29, 1.82) is 0 Å². The van der Waals surface area contributed by atoms with Crippen LogP contribution in [0.1, 0.15) is 56.8 Å². The summed E-state index contributed by atoms with van der Waals surface area (Å²) in [5, 5.41) is 9.25. The maximum Gasteiger partial charge on any atom is 0.338 e. The van der Waals surface area contributed by atoms with Gasteiger partial charge in [0.15, 0.2) is 0 Å². The summed E-state index contributed by atoms with van der Waals surface area (Å²) >= 11 is 0.